The van der Waals surface area contributed by atoms with Gasteiger partial charge in [0.25, 0.3) is 0 Å². The van der Waals surface area contributed by atoms with Crippen LogP contribution in [0.4, 0.5) is 0 Å². The third-order valence-electron chi connectivity index (χ3n) is 1.41. The van der Waals surface area contributed by atoms with Gasteiger partial charge in [0.2, 0.25) is 0 Å². The minimum Gasteiger partial charge on any atom is -0.373 e. The summed E-state index contributed by atoms with van der Waals surface area (Å²) in [4.78, 5) is 7.97. The summed E-state index contributed by atoms with van der Waals surface area (Å²) < 4.78 is 0. The molecule has 0 spiro atoms. The molecule has 0 radical (unpaired) electrons. The van der Waals surface area contributed by atoms with Gasteiger partial charge in [-0.3, -0.25) is 9.98 Å². The van der Waals surface area contributed by atoms with Crippen LogP contribution in [0.1, 0.15) is 5.56 Å². The maximum Gasteiger partial charge on any atom is 0.127 e. The van der Waals surface area contributed by atoms with Gasteiger partial charge in [-0.25, -0.2) is 0 Å². The zero-order valence-electron chi connectivity index (χ0n) is 6.70. The van der Waals surface area contributed by atoms with Crippen molar-refractivity contribution in [2.75, 3.05) is 14.1 Å². The molecule has 1 rings (SSSR count). The average molecular weight is 149 g/mol. The number of aromatic nitrogens is 1. The summed E-state index contributed by atoms with van der Waals surface area (Å²) >= 11 is 0. The Bertz CT molecular complexity index is 241. The first-order valence-electron chi connectivity index (χ1n) is 3.43. The Morgan fingerprint density at radius 2 is 2.09 bits per heavy atom. The van der Waals surface area contributed by atoms with Crippen LogP contribution >= 0.6 is 0 Å². The van der Waals surface area contributed by atoms with E-state index in [2.05, 4.69) is 15.3 Å². The van der Waals surface area contributed by atoms with Gasteiger partial charge in [0.1, 0.15) is 5.84 Å². The summed E-state index contributed by atoms with van der Waals surface area (Å²) in [5.41, 5.74) is 1.06. The van der Waals surface area contributed by atoms with E-state index in [1.807, 2.05) is 19.2 Å². The fourth-order valence-corrected chi connectivity index (χ4v) is 0.895. The van der Waals surface area contributed by atoms with Crippen molar-refractivity contribution in [2.45, 2.75) is 0 Å². The van der Waals surface area contributed by atoms with E-state index in [0.29, 0.717) is 0 Å². The van der Waals surface area contributed by atoms with Crippen LogP contribution in [-0.2, 0) is 0 Å². The highest BCUT2D eigenvalue weighted by atomic mass is 14.9. The second-order valence-electron chi connectivity index (χ2n) is 2.06. The Morgan fingerprint density at radius 1 is 1.45 bits per heavy atom. The van der Waals surface area contributed by atoms with Gasteiger partial charge in [0.05, 0.1) is 0 Å². The molecule has 0 amide bonds. The summed E-state index contributed by atoms with van der Waals surface area (Å²) in [5.74, 6) is 0.882. The predicted molar refractivity (Wildman–Crippen MR) is 45.8 cm³/mol. The zero-order valence-corrected chi connectivity index (χ0v) is 6.70. The SMILES string of the molecule is CN=C(NC)c1ccncc1. The number of nitrogens with zero attached hydrogens (tertiary/aromatic N) is 2. The van der Waals surface area contributed by atoms with Crippen molar-refractivity contribution in [1.29, 1.82) is 0 Å². The van der Waals surface area contributed by atoms with Crippen molar-refractivity contribution in [3.8, 4) is 0 Å². The summed E-state index contributed by atoms with van der Waals surface area (Å²) in [6.45, 7) is 0. The van der Waals surface area contributed by atoms with Crippen LogP contribution in [0, 0.1) is 0 Å². The van der Waals surface area contributed by atoms with Crippen molar-refractivity contribution >= 4 is 5.84 Å². The Balaban J connectivity index is 2.92. The molecule has 0 saturated heterocycles. The average Bonchev–Trinajstić information content (AvgIpc) is 2.09. The molecular formula is C8H11N3. The standard InChI is InChI=1S/C8H11N3/c1-9-8(10-2)7-3-5-11-6-4-7/h3-6H,1-2H3,(H,9,10). The lowest BCUT2D eigenvalue weighted by atomic mass is 10.2. The number of amidine groups is 1. The Kier molecular flexibility index (Phi) is 2.60. The molecule has 3 heteroatoms. The van der Waals surface area contributed by atoms with Gasteiger partial charge in [0, 0.05) is 32.1 Å². The zero-order chi connectivity index (χ0) is 8.10. The van der Waals surface area contributed by atoms with Crippen molar-refractivity contribution in [2.24, 2.45) is 4.99 Å². The third-order valence-corrected chi connectivity index (χ3v) is 1.41. The summed E-state index contributed by atoms with van der Waals surface area (Å²) in [5, 5.41) is 2.99. The molecule has 0 aliphatic rings. The lowest BCUT2D eigenvalue weighted by Gasteiger charge is -2.02. The molecule has 58 valence electrons. The van der Waals surface area contributed by atoms with Gasteiger partial charge in [-0.2, -0.15) is 0 Å². The van der Waals surface area contributed by atoms with E-state index in [1.54, 1.807) is 19.4 Å². The molecule has 0 aliphatic carbocycles. The highest BCUT2D eigenvalue weighted by molar-refractivity contribution is 5.98. The monoisotopic (exact) mass is 149 g/mol. The van der Waals surface area contributed by atoms with Gasteiger partial charge in [0.15, 0.2) is 0 Å². The third kappa shape index (κ3) is 1.77. The molecule has 3 nitrogen and oxygen atoms in total. The highest BCUT2D eigenvalue weighted by Gasteiger charge is 1.95. The van der Waals surface area contributed by atoms with Crippen LogP contribution in [0.2, 0.25) is 0 Å². The fourth-order valence-electron chi connectivity index (χ4n) is 0.895. The molecule has 0 fully saturated rings. The summed E-state index contributed by atoms with van der Waals surface area (Å²) in [6, 6.07) is 3.83. The number of hydrogen-bond acceptors (Lipinski definition) is 2. The normalized spacial score (nSPS) is 11.3. The van der Waals surface area contributed by atoms with E-state index in [0.717, 1.165) is 11.4 Å². The Hall–Kier alpha value is -1.38. The van der Waals surface area contributed by atoms with E-state index in [4.69, 9.17) is 0 Å². The van der Waals surface area contributed by atoms with E-state index in [9.17, 15) is 0 Å². The number of nitrogens with one attached hydrogen (secondary N) is 1. The topological polar surface area (TPSA) is 37.3 Å². The summed E-state index contributed by atoms with van der Waals surface area (Å²) in [7, 11) is 3.61. The Morgan fingerprint density at radius 3 is 2.55 bits per heavy atom. The first kappa shape index (κ1) is 7.72. The van der Waals surface area contributed by atoms with Crippen LogP contribution in [0.25, 0.3) is 0 Å². The molecule has 1 aromatic rings. The van der Waals surface area contributed by atoms with Crippen LogP contribution < -0.4 is 5.32 Å². The molecule has 11 heavy (non-hydrogen) atoms. The molecule has 0 atom stereocenters. The van der Waals surface area contributed by atoms with Crippen molar-refractivity contribution in [3.63, 3.8) is 0 Å². The molecule has 0 bridgehead atoms. The maximum absolute atomic E-state index is 4.05. The van der Waals surface area contributed by atoms with Crippen LogP contribution in [-0.4, -0.2) is 24.9 Å². The minimum atomic E-state index is 0.882. The molecule has 1 heterocycles. The summed E-state index contributed by atoms with van der Waals surface area (Å²) in [6.07, 6.45) is 3.50. The number of pyridine rings is 1. The number of rotatable bonds is 1. The smallest absolute Gasteiger partial charge is 0.127 e. The van der Waals surface area contributed by atoms with Gasteiger partial charge in [-0.05, 0) is 12.1 Å². The number of hydrogen-bond donors (Lipinski definition) is 1. The molecule has 0 saturated carbocycles. The van der Waals surface area contributed by atoms with Gasteiger partial charge < -0.3 is 5.32 Å². The van der Waals surface area contributed by atoms with Gasteiger partial charge >= 0.3 is 0 Å². The predicted octanol–water partition coefficient (Wildman–Crippen LogP) is 0.677. The molecule has 0 aliphatic heterocycles. The van der Waals surface area contributed by atoms with Crippen molar-refractivity contribution in [3.05, 3.63) is 30.1 Å². The van der Waals surface area contributed by atoms with E-state index >= 15 is 0 Å². The second kappa shape index (κ2) is 3.71. The molecule has 1 aromatic heterocycles. The largest absolute Gasteiger partial charge is 0.373 e. The first-order valence-corrected chi connectivity index (χ1v) is 3.43. The molecule has 0 unspecified atom stereocenters. The van der Waals surface area contributed by atoms with E-state index in [1.165, 1.54) is 0 Å². The van der Waals surface area contributed by atoms with Crippen LogP contribution in [0.3, 0.4) is 0 Å². The quantitative estimate of drug-likeness (QED) is 0.471. The lowest BCUT2D eigenvalue weighted by molar-refractivity contribution is 1.14. The van der Waals surface area contributed by atoms with E-state index in [-0.39, 0.29) is 0 Å². The maximum atomic E-state index is 4.05. The van der Waals surface area contributed by atoms with Crippen molar-refractivity contribution in [1.82, 2.24) is 10.3 Å². The lowest BCUT2D eigenvalue weighted by Crippen LogP contribution is -2.19. The molecule has 1 N–H and O–H groups in total. The van der Waals surface area contributed by atoms with Crippen molar-refractivity contribution < 1.29 is 0 Å². The van der Waals surface area contributed by atoms with Crippen LogP contribution in [0.15, 0.2) is 29.5 Å². The molecular weight excluding hydrogens is 138 g/mol. The van der Waals surface area contributed by atoms with Crippen LogP contribution in [0.5, 0.6) is 0 Å². The van der Waals surface area contributed by atoms with E-state index < -0.39 is 0 Å². The molecule has 0 aromatic carbocycles. The van der Waals surface area contributed by atoms with Gasteiger partial charge in [-0.15, -0.1) is 0 Å². The van der Waals surface area contributed by atoms with Gasteiger partial charge in [-0.1, -0.05) is 0 Å². The fraction of sp³-hybridized carbons (Fsp3) is 0.250. The number of aliphatic imine (C=N–C) groups is 1. The first-order chi connectivity index (χ1) is 5.38. The highest BCUT2D eigenvalue weighted by Crippen LogP contribution is 1.95. The minimum absolute atomic E-state index is 0.882. The Labute approximate surface area is 66.2 Å². The second-order valence-corrected chi connectivity index (χ2v) is 2.06.